The molecule has 38 heavy (non-hydrogen) atoms. The van der Waals surface area contributed by atoms with E-state index in [-0.39, 0.29) is 0 Å². The largest absolute Gasteiger partial charge is 0.456 e. The normalized spacial score (nSPS) is 11.9. The molecule has 8 rings (SSSR count). The van der Waals surface area contributed by atoms with Crippen molar-refractivity contribution in [3.63, 3.8) is 0 Å². The molecule has 0 N–H and O–H groups in total. The van der Waals surface area contributed by atoms with Gasteiger partial charge in [0.2, 0.25) is 0 Å². The molecule has 4 aromatic carbocycles. The van der Waals surface area contributed by atoms with Gasteiger partial charge in [0.05, 0.1) is 0 Å². The Labute approximate surface area is 217 Å². The van der Waals surface area contributed by atoms with Crippen LogP contribution in [0.2, 0.25) is 0 Å². The summed E-state index contributed by atoms with van der Waals surface area (Å²) in [5.41, 5.74) is 7.64. The molecule has 4 nitrogen and oxygen atoms in total. The summed E-state index contributed by atoms with van der Waals surface area (Å²) in [6.45, 7) is 4.16. The minimum absolute atomic E-state index is 0.680. The molecule has 4 heterocycles. The molecule has 0 atom stereocenters. The summed E-state index contributed by atoms with van der Waals surface area (Å²) >= 11 is 0. The minimum atomic E-state index is 0.680. The number of hydrogen-bond donors (Lipinski definition) is 0. The highest BCUT2D eigenvalue weighted by Crippen LogP contribution is 2.38. The van der Waals surface area contributed by atoms with Crippen molar-refractivity contribution in [3.8, 4) is 34.2 Å². The third kappa shape index (κ3) is 3.38. The van der Waals surface area contributed by atoms with Crippen LogP contribution in [0.1, 0.15) is 11.1 Å². The average molecular weight is 495 g/mol. The number of hydrogen-bond acceptors (Lipinski definition) is 4. The summed E-state index contributed by atoms with van der Waals surface area (Å²) in [6.07, 6.45) is 0. The zero-order valence-corrected chi connectivity index (χ0v) is 20.9. The smallest absolute Gasteiger partial charge is 0.170 e. The molecular weight excluding hydrogens is 472 g/mol. The number of furan rings is 4. The summed E-state index contributed by atoms with van der Waals surface area (Å²) in [4.78, 5) is 0. The first-order valence-corrected chi connectivity index (χ1v) is 12.6. The monoisotopic (exact) mass is 494 g/mol. The molecule has 0 bridgehead atoms. The van der Waals surface area contributed by atoms with Gasteiger partial charge in [0.15, 0.2) is 11.5 Å². The van der Waals surface area contributed by atoms with Gasteiger partial charge in [-0.3, -0.25) is 0 Å². The van der Waals surface area contributed by atoms with Crippen LogP contribution in [-0.4, -0.2) is 0 Å². The minimum Gasteiger partial charge on any atom is -0.456 e. The van der Waals surface area contributed by atoms with E-state index in [0.29, 0.717) is 11.5 Å². The van der Waals surface area contributed by atoms with Crippen molar-refractivity contribution in [2.45, 2.75) is 13.8 Å². The van der Waals surface area contributed by atoms with Crippen LogP contribution in [-0.2, 0) is 0 Å². The molecule has 0 aliphatic heterocycles. The Kier molecular flexibility index (Phi) is 4.32. The summed E-state index contributed by atoms with van der Waals surface area (Å²) in [5.74, 6) is 3.06. The van der Waals surface area contributed by atoms with Crippen LogP contribution in [0.5, 0.6) is 0 Å². The molecule has 0 amide bonds. The Hall–Kier alpha value is -4.96. The quantitative estimate of drug-likeness (QED) is 0.245. The van der Waals surface area contributed by atoms with Gasteiger partial charge in [-0.15, -0.1) is 0 Å². The molecule has 0 radical (unpaired) electrons. The fourth-order valence-corrected chi connectivity index (χ4v) is 5.28. The van der Waals surface area contributed by atoms with Crippen molar-refractivity contribution < 1.29 is 17.7 Å². The van der Waals surface area contributed by atoms with Gasteiger partial charge in [-0.05, 0) is 62.4 Å². The topological polar surface area (TPSA) is 52.6 Å². The van der Waals surface area contributed by atoms with E-state index in [2.05, 4.69) is 74.5 Å². The molecule has 0 aliphatic rings. The fraction of sp³-hybridized carbons (Fsp3) is 0.0588. The first kappa shape index (κ1) is 21.2. The van der Waals surface area contributed by atoms with E-state index in [4.69, 9.17) is 17.7 Å². The van der Waals surface area contributed by atoms with Crippen LogP contribution in [0.25, 0.3) is 78.0 Å². The zero-order valence-electron chi connectivity index (χ0n) is 20.9. The summed E-state index contributed by atoms with van der Waals surface area (Å²) < 4.78 is 24.8. The molecule has 0 spiro atoms. The number of rotatable bonds is 3. The van der Waals surface area contributed by atoms with Gasteiger partial charge in [-0.1, -0.05) is 47.5 Å². The van der Waals surface area contributed by atoms with Crippen molar-refractivity contribution in [3.05, 3.63) is 108 Å². The van der Waals surface area contributed by atoms with E-state index < -0.39 is 0 Å². The standard InChI is InChI=1S/C34H22O4/c1-19-5-3-7-21(9-19)27-13-23-11-25-15-33(37-31(25)17-29(23)35-27)34-16-26-12-24-14-28(22-8-4-6-20(2)10-22)36-30(24)18-32(26)38-34/h3-18H,1-2H3. The molecule has 4 aromatic heterocycles. The second-order valence-electron chi connectivity index (χ2n) is 10.0. The first-order valence-electron chi connectivity index (χ1n) is 12.6. The lowest BCUT2D eigenvalue weighted by atomic mass is 10.1. The third-order valence-electron chi connectivity index (χ3n) is 7.16. The average Bonchev–Trinajstić information content (AvgIpc) is 3.68. The van der Waals surface area contributed by atoms with Crippen LogP contribution in [0, 0.1) is 13.8 Å². The number of benzene rings is 4. The summed E-state index contributed by atoms with van der Waals surface area (Å²) in [5, 5.41) is 4.08. The molecule has 0 fully saturated rings. The lowest BCUT2D eigenvalue weighted by Gasteiger charge is -1.97. The van der Waals surface area contributed by atoms with Crippen LogP contribution in [0.3, 0.4) is 0 Å². The molecule has 0 unspecified atom stereocenters. The maximum absolute atomic E-state index is 6.22. The molecule has 0 saturated carbocycles. The molecule has 182 valence electrons. The van der Waals surface area contributed by atoms with Gasteiger partial charge in [-0.25, -0.2) is 0 Å². The van der Waals surface area contributed by atoms with Crippen molar-refractivity contribution in [1.29, 1.82) is 0 Å². The first-order chi connectivity index (χ1) is 18.6. The summed E-state index contributed by atoms with van der Waals surface area (Å²) in [7, 11) is 0. The van der Waals surface area contributed by atoms with Gasteiger partial charge in [0, 0.05) is 44.8 Å². The predicted molar refractivity (Wildman–Crippen MR) is 151 cm³/mol. The fourth-order valence-electron chi connectivity index (χ4n) is 5.28. The van der Waals surface area contributed by atoms with Gasteiger partial charge in [0.1, 0.15) is 33.9 Å². The van der Waals surface area contributed by atoms with Gasteiger partial charge >= 0.3 is 0 Å². The van der Waals surface area contributed by atoms with Crippen LogP contribution in [0.4, 0.5) is 0 Å². The van der Waals surface area contributed by atoms with Crippen molar-refractivity contribution in [2.75, 3.05) is 0 Å². The highest BCUT2D eigenvalue weighted by atomic mass is 16.4. The Morgan fingerprint density at radius 2 is 0.737 bits per heavy atom. The Balaban J connectivity index is 1.17. The van der Waals surface area contributed by atoms with Crippen LogP contribution < -0.4 is 0 Å². The van der Waals surface area contributed by atoms with Crippen LogP contribution >= 0.6 is 0 Å². The highest BCUT2D eigenvalue weighted by molar-refractivity contribution is 5.99. The van der Waals surface area contributed by atoms with Crippen LogP contribution in [0.15, 0.2) is 115 Å². The molecular formula is C34H22O4. The second kappa shape index (κ2) is 7.77. The van der Waals surface area contributed by atoms with E-state index in [1.165, 1.54) is 11.1 Å². The Morgan fingerprint density at radius 1 is 0.368 bits per heavy atom. The van der Waals surface area contributed by atoms with Crippen molar-refractivity contribution in [1.82, 2.24) is 0 Å². The predicted octanol–water partition coefficient (Wildman–Crippen LogP) is 10.3. The van der Waals surface area contributed by atoms with E-state index in [0.717, 1.165) is 66.5 Å². The Bertz CT molecular complexity index is 1900. The maximum atomic E-state index is 6.22. The summed E-state index contributed by atoms with van der Waals surface area (Å²) in [6, 6.07) is 32.9. The lowest BCUT2D eigenvalue weighted by Crippen LogP contribution is -1.75. The van der Waals surface area contributed by atoms with Gasteiger partial charge in [-0.2, -0.15) is 0 Å². The third-order valence-corrected chi connectivity index (χ3v) is 7.16. The van der Waals surface area contributed by atoms with Crippen molar-refractivity contribution >= 4 is 43.9 Å². The number of fused-ring (bicyclic) bond motifs is 4. The Morgan fingerprint density at radius 3 is 1.13 bits per heavy atom. The van der Waals surface area contributed by atoms with E-state index in [9.17, 15) is 0 Å². The second-order valence-corrected chi connectivity index (χ2v) is 10.0. The SMILES string of the molecule is Cc1cccc(-c2cc3cc4cc(-c5cc6cc7cc(-c8cccc(C)c8)oc7cc6o5)oc4cc3o2)c1. The zero-order chi connectivity index (χ0) is 25.4. The number of aryl methyl sites for hydroxylation is 2. The highest BCUT2D eigenvalue weighted by Gasteiger charge is 2.16. The molecule has 4 heteroatoms. The molecule has 0 saturated heterocycles. The van der Waals surface area contributed by atoms with E-state index >= 15 is 0 Å². The van der Waals surface area contributed by atoms with E-state index in [1.54, 1.807) is 0 Å². The molecule has 8 aromatic rings. The maximum Gasteiger partial charge on any atom is 0.170 e. The van der Waals surface area contributed by atoms with E-state index in [1.807, 2.05) is 36.4 Å². The van der Waals surface area contributed by atoms with Gasteiger partial charge in [0.25, 0.3) is 0 Å². The van der Waals surface area contributed by atoms with Gasteiger partial charge < -0.3 is 17.7 Å². The molecule has 0 aliphatic carbocycles. The lowest BCUT2D eigenvalue weighted by molar-refractivity contribution is 0.567. The van der Waals surface area contributed by atoms with Crippen molar-refractivity contribution in [2.24, 2.45) is 0 Å².